The minimum atomic E-state index is -0.420. The molecule has 1 aliphatic heterocycles. The van der Waals surface area contributed by atoms with Crippen LogP contribution in [0.1, 0.15) is 65.3 Å². The summed E-state index contributed by atoms with van der Waals surface area (Å²) >= 11 is 0. The van der Waals surface area contributed by atoms with Crippen LogP contribution in [0.15, 0.2) is 47.4 Å². The summed E-state index contributed by atoms with van der Waals surface area (Å²) in [4.78, 5) is 24.6. The summed E-state index contributed by atoms with van der Waals surface area (Å²) in [6.07, 6.45) is 8.32. The summed E-state index contributed by atoms with van der Waals surface area (Å²) in [6.45, 7) is 8.49. The minimum absolute atomic E-state index is 0.00954. The molecule has 1 aromatic carbocycles. The van der Waals surface area contributed by atoms with E-state index < -0.39 is 6.10 Å². The summed E-state index contributed by atoms with van der Waals surface area (Å²) in [5, 5.41) is 13.6. The lowest BCUT2D eigenvalue weighted by atomic mass is 9.91. The van der Waals surface area contributed by atoms with E-state index in [0.29, 0.717) is 30.0 Å². The molecule has 4 unspecified atom stereocenters. The number of pyridine rings is 1. The molecule has 38 heavy (non-hydrogen) atoms. The molecule has 0 bridgehead atoms. The van der Waals surface area contributed by atoms with Crippen LogP contribution in [-0.4, -0.2) is 51.5 Å². The molecule has 3 aromatic rings. The van der Waals surface area contributed by atoms with Gasteiger partial charge in [0.2, 0.25) is 5.95 Å². The fourth-order valence-corrected chi connectivity index (χ4v) is 6.08. The lowest BCUT2D eigenvalue weighted by Crippen LogP contribution is -2.37. The Morgan fingerprint density at radius 1 is 1.08 bits per heavy atom. The number of piperidine rings is 1. The molecule has 1 saturated carbocycles. The normalized spacial score (nSPS) is 22.1. The molecular formula is C30H41N5O3. The number of aliphatic hydroxyl groups excluding tert-OH is 1. The molecule has 0 radical (unpaired) electrons. The third kappa shape index (κ3) is 6.18. The van der Waals surface area contributed by atoms with E-state index in [0.717, 1.165) is 43.4 Å². The smallest absolute Gasteiger partial charge is 0.252 e. The SMILES string of the molecule is CC(O)COC1CCN(c2ccc(Nc3ncc4ccc(=O)n(C(C)CC5CCCC5C)c4n3)cc2)CC1. The summed E-state index contributed by atoms with van der Waals surface area (Å²) in [5.41, 5.74) is 2.75. The van der Waals surface area contributed by atoms with E-state index in [-0.39, 0.29) is 17.7 Å². The van der Waals surface area contributed by atoms with Crippen LogP contribution in [0, 0.1) is 11.8 Å². The number of aromatic nitrogens is 3. The average molecular weight is 520 g/mol. The number of rotatable bonds is 9. The highest BCUT2D eigenvalue weighted by atomic mass is 16.5. The topological polar surface area (TPSA) is 92.5 Å². The van der Waals surface area contributed by atoms with Gasteiger partial charge in [0.15, 0.2) is 0 Å². The Kier molecular flexibility index (Phi) is 8.29. The fourth-order valence-electron chi connectivity index (χ4n) is 6.08. The zero-order valence-corrected chi connectivity index (χ0v) is 22.8. The van der Waals surface area contributed by atoms with Gasteiger partial charge in [0, 0.05) is 48.2 Å². The number of nitrogens with one attached hydrogen (secondary N) is 1. The molecule has 0 amide bonds. The van der Waals surface area contributed by atoms with Crippen molar-refractivity contribution in [1.82, 2.24) is 14.5 Å². The van der Waals surface area contributed by atoms with Crippen molar-refractivity contribution in [1.29, 1.82) is 0 Å². The number of nitrogens with zero attached hydrogens (tertiary/aromatic N) is 4. The first-order chi connectivity index (χ1) is 18.4. The van der Waals surface area contributed by atoms with Crippen LogP contribution in [0.5, 0.6) is 0 Å². The van der Waals surface area contributed by atoms with Crippen molar-refractivity contribution in [2.75, 3.05) is 29.9 Å². The number of ether oxygens (including phenoxy) is 1. The Hall–Kier alpha value is -2.97. The van der Waals surface area contributed by atoms with Crippen LogP contribution in [0.25, 0.3) is 11.0 Å². The maximum atomic E-state index is 12.9. The molecule has 1 aliphatic carbocycles. The predicted molar refractivity (Wildman–Crippen MR) is 152 cm³/mol. The zero-order chi connectivity index (χ0) is 26.6. The molecule has 3 heterocycles. The van der Waals surface area contributed by atoms with Crippen molar-refractivity contribution in [2.24, 2.45) is 11.8 Å². The van der Waals surface area contributed by atoms with Crippen LogP contribution in [0.3, 0.4) is 0 Å². The van der Waals surface area contributed by atoms with Crippen molar-refractivity contribution >= 4 is 28.4 Å². The van der Waals surface area contributed by atoms with Gasteiger partial charge in [0.05, 0.1) is 18.8 Å². The van der Waals surface area contributed by atoms with Crippen LogP contribution in [0.2, 0.25) is 0 Å². The largest absolute Gasteiger partial charge is 0.391 e. The second kappa shape index (κ2) is 11.8. The summed E-state index contributed by atoms with van der Waals surface area (Å²) in [7, 11) is 0. The Balaban J connectivity index is 1.26. The third-order valence-corrected chi connectivity index (χ3v) is 8.29. The predicted octanol–water partition coefficient (Wildman–Crippen LogP) is 5.29. The van der Waals surface area contributed by atoms with Crippen molar-refractivity contribution in [2.45, 2.75) is 77.5 Å². The van der Waals surface area contributed by atoms with E-state index in [1.54, 1.807) is 19.2 Å². The monoisotopic (exact) mass is 519 g/mol. The first kappa shape index (κ1) is 26.6. The van der Waals surface area contributed by atoms with Crippen molar-refractivity contribution < 1.29 is 9.84 Å². The van der Waals surface area contributed by atoms with E-state index >= 15 is 0 Å². The average Bonchev–Trinajstić information content (AvgIpc) is 3.32. The summed E-state index contributed by atoms with van der Waals surface area (Å²) < 4.78 is 7.64. The number of fused-ring (bicyclic) bond motifs is 1. The lowest BCUT2D eigenvalue weighted by molar-refractivity contribution is -0.0124. The van der Waals surface area contributed by atoms with Gasteiger partial charge < -0.3 is 20.1 Å². The second-order valence-corrected chi connectivity index (χ2v) is 11.3. The maximum Gasteiger partial charge on any atom is 0.252 e. The molecule has 2 aromatic heterocycles. The third-order valence-electron chi connectivity index (χ3n) is 8.29. The van der Waals surface area contributed by atoms with Gasteiger partial charge >= 0.3 is 0 Å². The van der Waals surface area contributed by atoms with Gasteiger partial charge in [-0.2, -0.15) is 4.98 Å². The van der Waals surface area contributed by atoms with Gasteiger partial charge in [-0.1, -0.05) is 26.2 Å². The van der Waals surface area contributed by atoms with Crippen LogP contribution in [-0.2, 0) is 4.74 Å². The van der Waals surface area contributed by atoms with E-state index in [1.807, 2.05) is 22.8 Å². The standard InChI is InChI=1S/C30H41N5O3/c1-20-5-4-6-23(20)17-21(2)35-28(37)12-7-24-18-31-30(33-29(24)35)32-25-8-10-26(11-9-25)34-15-13-27(14-16-34)38-19-22(3)36/h7-12,18,20-23,27,36H,4-6,13-17,19H2,1-3H3,(H,31,32,33). The van der Waals surface area contributed by atoms with Crippen LogP contribution < -0.4 is 15.8 Å². The number of benzene rings is 1. The molecule has 2 aliphatic rings. The van der Waals surface area contributed by atoms with E-state index in [4.69, 9.17) is 9.72 Å². The Morgan fingerprint density at radius 2 is 1.84 bits per heavy atom. The van der Waals surface area contributed by atoms with Crippen molar-refractivity contribution in [3.05, 3.63) is 52.9 Å². The highest BCUT2D eigenvalue weighted by Gasteiger charge is 2.26. The van der Waals surface area contributed by atoms with Gasteiger partial charge in [0.1, 0.15) is 5.65 Å². The van der Waals surface area contributed by atoms with Crippen LogP contribution in [0.4, 0.5) is 17.3 Å². The molecule has 1 saturated heterocycles. The van der Waals surface area contributed by atoms with Gasteiger partial charge in [-0.05, 0) is 75.3 Å². The van der Waals surface area contributed by atoms with E-state index in [9.17, 15) is 9.90 Å². The van der Waals surface area contributed by atoms with Gasteiger partial charge in [-0.25, -0.2) is 4.98 Å². The van der Waals surface area contributed by atoms with E-state index in [1.165, 1.54) is 24.9 Å². The quantitative estimate of drug-likeness (QED) is 0.397. The molecule has 8 heteroatoms. The number of hydrogen-bond donors (Lipinski definition) is 2. The fraction of sp³-hybridized carbons (Fsp3) is 0.567. The zero-order valence-electron chi connectivity index (χ0n) is 22.8. The highest BCUT2D eigenvalue weighted by molar-refractivity contribution is 5.76. The lowest BCUT2D eigenvalue weighted by Gasteiger charge is -2.33. The van der Waals surface area contributed by atoms with E-state index in [2.05, 4.69) is 41.2 Å². The Bertz CT molecular complexity index is 1270. The van der Waals surface area contributed by atoms with Crippen molar-refractivity contribution in [3.63, 3.8) is 0 Å². The molecule has 8 nitrogen and oxygen atoms in total. The molecule has 4 atom stereocenters. The molecule has 2 N–H and O–H groups in total. The van der Waals surface area contributed by atoms with Crippen LogP contribution >= 0.6 is 0 Å². The van der Waals surface area contributed by atoms with Gasteiger partial charge in [0.25, 0.3) is 5.56 Å². The Labute approximate surface area is 225 Å². The highest BCUT2D eigenvalue weighted by Crippen LogP contribution is 2.37. The minimum Gasteiger partial charge on any atom is -0.391 e. The second-order valence-electron chi connectivity index (χ2n) is 11.3. The first-order valence-electron chi connectivity index (χ1n) is 14.2. The summed E-state index contributed by atoms with van der Waals surface area (Å²) in [6, 6.07) is 11.8. The maximum absolute atomic E-state index is 12.9. The first-order valence-corrected chi connectivity index (χ1v) is 14.2. The number of aliphatic hydroxyl groups is 1. The van der Waals surface area contributed by atoms with Gasteiger partial charge in [-0.15, -0.1) is 0 Å². The summed E-state index contributed by atoms with van der Waals surface area (Å²) in [5.74, 6) is 1.86. The molecular weight excluding hydrogens is 478 g/mol. The Morgan fingerprint density at radius 3 is 2.53 bits per heavy atom. The number of hydrogen-bond acceptors (Lipinski definition) is 7. The molecule has 204 valence electrons. The molecule has 2 fully saturated rings. The molecule has 5 rings (SSSR count). The molecule has 0 spiro atoms. The van der Waals surface area contributed by atoms with Crippen molar-refractivity contribution in [3.8, 4) is 0 Å². The van der Waals surface area contributed by atoms with Gasteiger partial charge in [-0.3, -0.25) is 9.36 Å². The number of anilines is 3.